The number of Topliss-reactive ketones (excluding diaryl/α,β-unsaturated/α-hetero) is 1. The van der Waals surface area contributed by atoms with E-state index in [9.17, 15) is 14.7 Å². The van der Waals surface area contributed by atoms with Gasteiger partial charge in [0.15, 0.2) is 12.4 Å². The second-order valence-corrected chi connectivity index (χ2v) is 10.8. The van der Waals surface area contributed by atoms with E-state index in [2.05, 4.69) is 0 Å². The number of benzene rings is 2. The Kier molecular flexibility index (Phi) is 10.9. The third-order valence-electron chi connectivity index (χ3n) is 6.77. The van der Waals surface area contributed by atoms with Crippen molar-refractivity contribution in [2.24, 2.45) is 5.92 Å². The first-order valence-corrected chi connectivity index (χ1v) is 12.5. The van der Waals surface area contributed by atoms with E-state index in [0.717, 1.165) is 17.5 Å². The number of anilines is 1. The highest BCUT2D eigenvalue weighted by atomic mass is 79.9. The SMILES string of the molecule is Br.COCC[C@H]1CN(CC(=O)c2cc(N(C)C)c(OCC(=O)O)c(C(C)(C)C)c2)C(=N)[C@@H]1c1ccccc1. The van der Waals surface area contributed by atoms with Crippen LogP contribution in [0.1, 0.15) is 54.6 Å². The molecule has 0 unspecified atom stereocenters. The third-order valence-corrected chi connectivity index (χ3v) is 6.77. The zero-order chi connectivity index (χ0) is 27.3. The summed E-state index contributed by atoms with van der Waals surface area (Å²) in [5, 5.41) is 18.1. The molecule has 1 aliphatic rings. The van der Waals surface area contributed by atoms with E-state index >= 15 is 0 Å². The Morgan fingerprint density at radius 3 is 2.37 bits per heavy atom. The Morgan fingerprint density at radius 2 is 1.82 bits per heavy atom. The topological polar surface area (TPSA) is 103 Å². The fourth-order valence-corrected chi connectivity index (χ4v) is 4.89. The number of amidine groups is 1. The molecule has 2 atom stereocenters. The van der Waals surface area contributed by atoms with Crippen LogP contribution in [0.2, 0.25) is 0 Å². The van der Waals surface area contributed by atoms with Gasteiger partial charge in [-0.3, -0.25) is 10.2 Å². The lowest BCUT2D eigenvalue weighted by atomic mass is 9.84. The number of nitrogens with one attached hydrogen (secondary N) is 1. The van der Waals surface area contributed by atoms with Crippen molar-refractivity contribution in [1.82, 2.24) is 4.90 Å². The summed E-state index contributed by atoms with van der Waals surface area (Å²) in [6.45, 7) is 6.85. The van der Waals surface area contributed by atoms with Crippen LogP contribution in [0, 0.1) is 11.3 Å². The van der Waals surface area contributed by atoms with Gasteiger partial charge in [-0.2, -0.15) is 0 Å². The second kappa shape index (κ2) is 13.2. The molecule has 0 aromatic heterocycles. The largest absolute Gasteiger partial charge is 0.479 e. The number of carbonyl (C=O) groups excluding carboxylic acids is 1. The van der Waals surface area contributed by atoms with E-state index in [-0.39, 0.29) is 46.6 Å². The predicted molar refractivity (Wildman–Crippen MR) is 156 cm³/mol. The van der Waals surface area contributed by atoms with Gasteiger partial charge in [0.05, 0.1) is 12.2 Å². The standard InChI is InChI=1S/C29H39N3O5.BrH/c1-29(2,3)22-14-21(15-23(31(4)5)27(22)37-18-25(34)35)24(33)17-32-16-20(12-13-36-6)26(28(32)30)19-10-8-7-9-11-19;/h7-11,14-15,20,26,30H,12-13,16-18H2,1-6H3,(H,34,35);1H/t20-,26+;/m0./s1. The molecule has 1 saturated heterocycles. The Morgan fingerprint density at radius 1 is 1.16 bits per heavy atom. The molecule has 1 aliphatic heterocycles. The van der Waals surface area contributed by atoms with Crippen molar-refractivity contribution in [2.75, 3.05) is 52.4 Å². The fourth-order valence-electron chi connectivity index (χ4n) is 4.89. The molecule has 2 aromatic carbocycles. The molecule has 8 nitrogen and oxygen atoms in total. The van der Waals surface area contributed by atoms with Crippen LogP contribution in [0.3, 0.4) is 0 Å². The summed E-state index contributed by atoms with van der Waals surface area (Å²) in [6, 6.07) is 13.6. The van der Waals surface area contributed by atoms with Gasteiger partial charge in [0.25, 0.3) is 0 Å². The minimum atomic E-state index is -1.06. The highest BCUT2D eigenvalue weighted by molar-refractivity contribution is 8.93. The van der Waals surface area contributed by atoms with Crippen LogP contribution in [0.25, 0.3) is 0 Å². The number of carboxylic acids is 1. The highest BCUT2D eigenvalue weighted by Crippen LogP contribution is 2.40. The first kappa shape index (κ1) is 31.3. The van der Waals surface area contributed by atoms with Crippen LogP contribution in [0.5, 0.6) is 5.75 Å². The number of rotatable bonds is 11. The van der Waals surface area contributed by atoms with Gasteiger partial charge in [0.1, 0.15) is 11.6 Å². The van der Waals surface area contributed by atoms with Crippen molar-refractivity contribution < 1.29 is 24.2 Å². The lowest BCUT2D eigenvalue weighted by molar-refractivity contribution is -0.139. The number of likely N-dealkylation sites (tertiary alicyclic amines) is 1. The summed E-state index contributed by atoms with van der Waals surface area (Å²) in [4.78, 5) is 28.5. The Balaban J connectivity index is 0.00000507. The molecular weight excluding hydrogens is 550 g/mol. The number of ether oxygens (including phenoxy) is 2. The summed E-state index contributed by atoms with van der Waals surface area (Å²) in [5.41, 5.74) is 2.61. The van der Waals surface area contributed by atoms with E-state index in [1.165, 1.54) is 0 Å². The molecule has 208 valence electrons. The molecule has 0 radical (unpaired) electrons. The van der Waals surface area contributed by atoms with Gasteiger partial charge >= 0.3 is 5.97 Å². The van der Waals surface area contributed by atoms with Crippen molar-refractivity contribution >= 4 is 40.3 Å². The molecule has 2 N–H and O–H groups in total. The van der Waals surface area contributed by atoms with Crippen molar-refractivity contribution in [3.63, 3.8) is 0 Å². The van der Waals surface area contributed by atoms with Gasteiger partial charge in [-0.15, -0.1) is 17.0 Å². The zero-order valence-corrected chi connectivity index (χ0v) is 24.8. The molecule has 9 heteroatoms. The van der Waals surface area contributed by atoms with Gasteiger partial charge in [0, 0.05) is 51.4 Å². The summed E-state index contributed by atoms with van der Waals surface area (Å²) in [6.07, 6.45) is 0.803. The first-order chi connectivity index (χ1) is 17.4. The van der Waals surface area contributed by atoms with Gasteiger partial charge < -0.3 is 24.4 Å². The molecule has 2 aromatic rings. The van der Waals surface area contributed by atoms with Crippen LogP contribution in [0.15, 0.2) is 42.5 Å². The molecule has 0 spiro atoms. The highest BCUT2D eigenvalue weighted by Gasteiger charge is 2.39. The number of nitrogens with zero attached hydrogens (tertiary/aromatic N) is 2. The molecular formula is C29H40BrN3O5. The summed E-state index contributed by atoms with van der Waals surface area (Å²) >= 11 is 0. The monoisotopic (exact) mass is 589 g/mol. The fraction of sp³-hybridized carbons (Fsp3) is 0.483. The number of ketones is 1. The van der Waals surface area contributed by atoms with E-state index in [1.807, 2.05) is 81.1 Å². The number of halogens is 1. The van der Waals surface area contributed by atoms with Crippen LogP contribution < -0.4 is 9.64 Å². The Bertz CT molecular complexity index is 1130. The van der Waals surface area contributed by atoms with E-state index in [1.54, 1.807) is 13.2 Å². The van der Waals surface area contributed by atoms with Gasteiger partial charge in [0.2, 0.25) is 0 Å². The van der Waals surface area contributed by atoms with Gasteiger partial charge in [-0.1, -0.05) is 51.1 Å². The molecule has 0 saturated carbocycles. The van der Waals surface area contributed by atoms with Crippen LogP contribution in [0.4, 0.5) is 5.69 Å². The maximum absolute atomic E-state index is 13.6. The van der Waals surface area contributed by atoms with Crippen molar-refractivity contribution in [3.8, 4) is 5.75 Å². The molecule has 3 rings (SSSR count). The number of hydrogen-bond donors (Lipinski definition) is 2. The molecule has 0 amide bonds. The normalized spacial score (nSPS) is 17.2. The minimum absolute atomic E-state index is 0. The quantitative estimate of drug-likeness (QED) is 0.355. The van der Waals surface area contributed by atoms with Crippen molar-refractivity contribution in [2.45, 2.75) is 38.5 Å². The average molecular weight is 591 g/mol. The molecule has 0 bridgehead atoms. The summed E-state index contributed by atoms with van der Waals surface area (Å²) in [5.74, 6) is -0.147. The third kappa shape index (κ3) is 7.35. The lowest BCUT2D eigenvalue weighted by Gasteiger charge is -2.28. The second-order valence-electron chi connectivity index (χ2n) is 10.8. The summed E-state index contributed by atoms with van der Waals surface area (Å²) < 4.78 is 11.0. The van der Waals surface area contributed by atoms with Crippen molar-refractivity contribution in [1.29, 1.82) is 5.41 Å². The number of carbonyl (C=O) groups is 2. The average Bonchev–Trinajstić information content (AvgIpc) is 3.15. The van der Waals surface area contributed by atoms with Crippen LogP contribution in [-0.2, 0) is 14.9 Å². The lowest BCUT2D eigenvalue weighted by Crippen LogP contribution is -2.32. The molecule has 1 heterocycles. The van der Waals surface area contributed by atoms with E-state index < -0.39 is 12.6 Å². The number of hydrogen-bond acceptors (Lipinski definition) is 6. The van der Waals surface area contributed by atoms with E-state index in [0.29, 0.717) is 36.0 Å². The number of carboxylic acid groups (broad SMARTS) is 1. The van der Waals surface area contributed by atoms with Gasteiger partial charge in [-0.25, -0.2) is 4.79 Å². The smallest absolute Gasteiger partial charge is 0.341 e. The maximum atomic E-state index is 13.6. The Hall–Kier alpha value is -2.91. The zero-order valence-electron chi connectivity index (χ0n) is 23.1. The van der Waals surface area contributed by atoms with Crippen LogP contribution >= 0.6 is 17.0 Å². The van der Waals surface area contributed by atoms with Gasteiger partial charge in [-0.05, 0) is 35.4 Å². The number of methoxy groups -OCH3 is 1. The van der Waals surface area contributed by atoms with Crippen molar-refractivity contribution in [3.05, 3.63) is 59.2 Å². The summed E-state index contributed by atoms with van der Waals surface area (Å²) in [7, 11) is 5.35. The predicted octanol–water partition coefficient (Wildman–Crippen LogP) is 5.00. The Labute approximate surface area is 236 Å². The minimum Gasteiger partial charge on any atom is -0.479 e. The molecule has 0 aliphatic carbocycles. The number of aliphatic carboxylic acids is 1. The van der Waals surface area contributed by atoms with E-state index in [4.69, 9.17) is 14.9 Å². The van der Waals surface area contributed by atoms with Crippen LogP contribution in [-0.4, -0.2) is 75.1 Å². The molecule has 1 fully saturated rings. The molecule has 38 heavy (non-hydrogen) atoms. The maximum Gasteiger partial charge on any atom is 0.341 e. The first-order valence-electron chi connectivity index (χ1n) is 12.5.